The largest absolute Gasteiger partial charge is 0.328 e. The van der Waals surface area contributed by atoms with Crippen LogP contribution in [0.5, 0.6) is 0 Å². The Bertz CT molecular complexity index is 1230. The maximum atomic E-state index is 12.3. The predicted octanol–water partition coefficient (Wildman–Crippen LogP) is 7.13. The number of amides is 1. The van der Waals surface area contributed by atoms with Crippen molar-refractivity contribution in [3.8, 4) is 0 Å². The summed E-state index contributed by atoms with van der Waals surface area (Å²) in [5.41, 5.74) is 1.78. The number of aldehydes is 1. The summed E-state index contributed by atoms with van der Waals surface area (Å²) in [5.74, 6) is -0.121. The van der Waals surface area contributed by atoms with E-state index in [0.29, 0.717) is 12.5 Å². The molecule has 2 aromatic carbocycles. The summed E-state index contributed by atoms with van der Waals surface area (Å²) >= 11 is 5.73. The van der Waals surface area contributed by atoms with Crippen molar-refractivity contribution >= 4 is 46.6 Å². The van der Waals surface area contributed by atoms with Crippen molar-refractivity contribution < 1.29 is 9.59 Å². The molecule has 6 nitrogen and oxygen atoms in total. The lowest BCUT2D eigenvalue weighted by Crippen LogP contribution is -2.61. The Hall–Kier alpha value is -3.09. The third-order valence-corrected chi connectivity index (χ3v) is 7.08. The van der Waals surface area contributed by atoms with Gasteiger partial charge in [0.05, 0.1) is 5.54 Å². The lowest BCUT2D eigenvalue weighted by atomic mass is 9.99. The molecule has 0 saturated carbocycles. The first-order valence-corrected chi connectivity index (χ1v) is 13.9. The second-order valence-electron chi connectivity index (χ2n) is 10.8. The van der Waals surface area contributed by atoms with E-state index in [9.17, 15) is 9.59 Å². The van der Waals surface area contributed by atoms with Crippen molar-refractivity contribution in [1.82, 2.24) is 9.80 Å². The molecule has 1 unspecified atom stereocenters. The summed E-state index contributed by atoms with van der Waals surface area (Å²) in [4.78, 5) is 30.7. The molecule has 1 aliphatic heterocycles. The molecule has 1 aliphatic carbocycles. The third kappa shape index (κ3) is 10.5. The number of rotatable bonds is 3. The minimum Gasteiger partial charge on any atom is -0.328 e. The van der Waals surface area contributed by atoms with Crippen LogP contribution in [0, 0.1) is 11.3 Å². The lowest BCUT2D eigenvalue weighted by molar-refractivity contribution is -0.132. The van der Waals surface area contributed by atoms with Gasteiger partial charge in [-0.15, -0.1) is 0 Å². The number of benzene rings is 2. The van der Waals surface area contributed by atoms with Gasteiger partial charge >= 0.3 is 0 Å². The molecule has 2 aromatic rings. The number of likely N-dealkylation sites (N-methyl/N-ethyl adjacent to an activating group) is 1. The Labute approximate surface area is 238 Å². The van der Waals surface area contributed by atoms with Crippen molar-refractivity contribution in [3.63, 3.8) is 0 Å². The van der Waals surface area contributed by atoms with Crippen LogP contribution in [0.15, 0.2) is 70.2 Å². The minimum atomic E-state index is -0.266. The zero-order valence-corrected chi connectivity index (χ0v) is 25.0. The fraction of sp³-hybridized carbons (Fsp3) is 0.438. The van der Waals surface area contributed by atoms with Crippen LogP contribution in [0.25, 0.3) is 10.8 Å². The highest BCUT2D eigenvalue weighted by atomic mass is 35.5. The molecule has 1 saturated heterocycles. The monoisotopic (exact) mass is 550 g/mol. The van der Waals surface area contributed by atoms with E-state index in [1.54, 1.807) is 11.1 Å². The van der Waals surface area contributed by atoms with Gasteiger partial charge in [-0.1, -0.05) is 73.5 Å². The van der Waals surface area contributed by atoms with E-state index in [2.05, 4.69) is 36.9 Å². The number of fused-ring (bicyclic) bond motifs is 1. The van der Waals surface area contributed by atoms with Gasteiger partial charge < -0.3 is 9.80 Å². The molecular weight excluding hydrogens is 508 g/mol. The van der Waals surface area contributed by atoms with Gasteiger partial charge in [0.15, 0.2) is 0 Å². The second kappa shape index (κ2) is 15.5. The van der Waals surface area contributed by atoms with E-state index in [1.165, 1.54) is 11.0 Å². The molecule has 210 valence electrons. The van der Waals surface area contributed by atoms with Gasteiger partial charge in [0.1, 0.15) is 6.29 Å². The molecule has 1 N–H and O–H groups in total. The SMILES string of the molecule is CC1=CCCC(Cl)=C1.CCC(C)C=NC(=N)C(=O)N1CCN(C)CC1(C)C.O=Cc1ccc2ccccc2c1. The average molecular weight is 551 g/mol. The van der Waals surface area contributed by atoms with Gasteiger partial charge in [0, 0.05) is 36.4 Å². The Morgan fingerprint density at radius 2 is 1.87 bits per heavy atom. The summed E-state index contributed by atoms with van der Waals surface area (Å²) in [7, 11) is 2.05. The van der Waals surface area contributed by atoms with Gasteiger partial charge in [-0.3, -0.25) is 15.0 Å². The number of hydrogen-bond acceptors (Lipinski definition) is 4. The summed E-state index contributed by atoms with van der Waals surface area (Å²) in [6.07, 6.45) is 9.89. The van der Waals surface area contributed by atoms with E-state index in [4.69, 9.17) is 17.0 Å². The molecule has 39 heavy (non-hydrogen) atoms. The molecule has 4 rings (SSSR count). The fourth-order valence-corrected chi connectivity index (χ4v) is 4.64. The van der Waals surface area contributed by atoms with Crippen molar-refractivity contribution in [2.75, 3.05) is 26.7 Å². The van der Waals surface area contributed by atoms with Crippen LogP contribution < -0.4 is 0 Å². The van der Waals surface area contributed by atoms with Crippen molar-refractivity contribution in [2.45, 2.75) is 59.4 Å². The highest BCUT2D eigenvalue weighted by Crippen LogP contribution is 2.21. The smallest absolute Gasteiger partial charge is 0.291 e. The molecule has 0 bridgehead atoms. The summed E-state index contributed by atoms with van der Waals surface area (Å²) < 4.78 is 0. The number of hydrogen-bond donors (Lipinski definition) is 1. The third-order valence-electron chi connectivity index (χ3n) is 6.79. The van der Waals surface area contributed by atoms with E-state index in [0.717, 1.165) is 54.6 Å². The quantitative estimate of drug-likeness (QED) is 0.251. The standard InChI is InChI=1S/C14H26N4O.C11H8O.C7H9Cl/c1-6-11(2)9-16-12(15)13(19)18-8-7-17(5)10-14(18,3)4;12-8-9-5-6-10-3-1-2-4-11(10)7-9;1-6-3-2-4-7(8)5-6/h9,11,15H,6-8,10H2,1-5H3;1-8H;3,5H,2,4H2,1H3. The van der Waals surface area contributed by atoms with E-state index in [-0.39, 0.29) is 17.3 Å². The lowest BCUT2D eigenvalue weighted by Gasteiger charge is -2.45. The van der Waals surface area contributed by atoms with Crippen LogP contribution in [0.4, 0.5) is 0 Å². The molecule has 1 heterocycles. The van der Waals surface area contributed by atoms with Gasteiger partial charge in [0.25, 0.3) is 5.91 Å². The molecule has 1 fully saturated rings. The average Bonchev–Trinajstić information content (AvgIpc) is 2.91. The number of aliphatic imine (C=N–C) groups is 1. The maximum Gasteiger partial charge on any atom is 0.291 e. The van der Waals surface area contributed by atoms with Gasteiger partial charge in [-0.05, 0) is 75.9 Å². The number of carbonyl (C=O) groups is 2. The fourth-order valence-electron chi connectivity index (χ4n) is 4.36. The summed E-state index contributed by atoms with van der Waals surface area (Å²) in [6.45, 7) is 12.6. The molecular formula is C32H43ClN4O2. The molecule has 0 radical (unpaired) electrons. The van der Waals surface area contributed by atoms with Crippen molar-refractivity contribution in [1.29, 1.82) is 5.41 Å². The van der Waals surface area contributed by atoms with E-state index < -0.39 is 0 Å². The van der Waals surface area contributed by atoms with Crippen LogP contribution in [0.2, 0.25) is 0 Å². The minimum absolute atomic E-state index is 0.155. The molecule has 2 aliphatic rings. The number of piperazine rings is 1. The Morgan fingerprint density at radius 1 is 1.18 bits per heavy atom. The molecule has 7 heteroatoms. The van der Waals surface area contributed by atoms with E-state index >= 15 is 0 Å². The second-order valence-corrected chi connectivity index (χ2v) is 11.3. The van der Waals surface area contributed by atoms with E-state index in [1.807, 2.05) is 69.3 Å². The number of carbonyl (C=O) groups excluding carboxylic acids is 2. The van der Waals surface area contributed by atoms with Crippen LogP contribution in [-0.2, 0) is 4.79 Å². The van der Waals surface area contributed by atoms with Crippen molar-refractivity contribution in [2.24, 2.45) is 10.9 Å². The van der Waals surface area contributed by atoms with Crippen LogP contribution in [0.3, 0.4) is 0 Å². The van der Waals surface area contributed by atoms with Crippen molar-refractivity contribution in [3.05, 3.63) is 70.8 Å². The number of nitrogens with zero attached hydrogens (tertiary/aromatic N) is 3. The maximum absolute atomic E-state index is 12.3. The molecule has 1 amide bonds. The van der Waals surface area contributed by atoms with Crippen LogP contribution in [0.1, 0.15) is 64.2 Å². The molecule has 0 spiro atoms. The predicted molar refractivity (Wildman–Crippen MR) is 165 cm³/mol. The summed E-state index contributed by atoms with van der Waals surface area (Å²) in [5, 5.41) is 11.1. The first-order chi connectivity index (χ1) is 18.5. The molecule has 0 aromatic heterocycles. The Kier molecular flexibility index (Phi) is 12.8. The highest BCUT2D eigenvalue weighted by Gasteiger charge is 2.36. The zero-order chi connectivity index (χ0) is 29.0. The Balaban J connectivity index is 0.000000225. The number of nitrogens with one attached hydrogen (secondary N) is 1. The first-order valence-electron chi connectivity index (χ1n) is 13.6. The van der Waals surface area contributed by atoms with Crippen LogP contribution >= 0.6 is 11.6 Å². The zero-order valence-electron chi connectivity index (χ0n) is 24.2. The number of amidine groups is 1. The van der Waals surface area contributed by atoms with Gasteiger partial charge in [0.2, 0.25) is 5.84 Å². The topological polar surface area (TPSA) is 76.8 Å². The van der Waals surface area contributed by atoms with Gasteiger partial charge in [-0.2, -0.15) is 0 Å². The first kappa shape index (κ1) is 32.1. The Morgan fingerprint density at radius 3 is 2.44 bits per heavy atom. The van der Waals surface area contributed by atoms with Crippen LogP contribution in [-0.4, -0.2) is 66.3 Å². The normalized spacial score (nSPS) is 17.7. The van der Waals surface area contributed by atoms with Gasteiger partial charge in [-0.25, -0.2) is 4.99 Å². The summed E-state index contributed by atoms with van der Waals surface area (Å²) in [6, 6.07) is 13.7. The number of halogens is 1. The molecule has 1 atom stereocenters. The highest BCUT2D eigenvalue weighted by molar-refractivity contribution is 6.38. The number of allylic oxidation sites excluding steroid dienone is 4.